The van der Waals surface area contributed by atoms with Crippen molar-refractivity contribution in [1.82, 2.24) is 0 Å². The van der Waals surface area contributed by atoms with Crippen molar-refractivity contribution in [2.24, 2.45) is 28.6 Å². The molecule has 5 atom stereocenters. The van der Waals surface area contributed by atoms with Crippen molar-refractivity contribution in [3.05, 3.63) is 0 Å². The molecule has 3 saturated carbocycles. The van der Waals surface area contributed by atoms with Crippen LogP contribution in [-0.4, -0.2) is 37.4 Å². The van der Waals surface area contributed by atoms with Gasteiger partial charge in [-0.25, -0.2) is 0 Å². The molecule has 5 heteroatoms. The third-order valence-electron chi connectivity index (χ3n) is 8.08. The molecular weight excluding hydrogens is 320 g/mol. The molecule has 0 aromatic carbocycles. The van der Waals surface area contributed by atoms with Gasteiger partial charge in [0.1, 0.15) is 5.92 Å². The maximum Gasteiger partial charge on any atom is 0.316 e. The smallest absolute Gasteiger partial charge is 0.316 e. The number of esters is 1. The lowest BCUT2D eigenvalue weighted by atomic mass is 9.45. The van der Waals surface area contributed by atoms with Gasteiger partial charge in [0.15, 0.2) is 11.6 Å². The van der Waals surface area contributed by atoms with Gasteiger partial charge in [-0.15, -0.1) is 0 Å². The molecule has 4 aliphatic rings. The average Bonchev–Trinajstić information content (AvgIpc) is 3.14. The first-order valence-electron chi connectivity index (χ1n) is 9.85. The Balaban J connectivity index is 1.63. The Hall–Kier alpha value is -0.940. The molecule has 3 unspecified atom stereocenters. The van der Waals surface area contributed by atoms with Crippen LogP contribution in [0.15, 0.2) is 0 Å². The van der Waals surface area contributed by atoms with E-state index >= 15 is 0 Å². The summed E-state index contributed by atoms with van der Waals surface area (Å²) in [6.45, 7) is 7.88. The molecule has 1 saturated heterocycles. The maximum absolute atomic E-state index is 13.4. The first-order chi connectivity index (χ1) is 11.9. The number of ketones is 1. The van der Waals surface area contributed by atoms with Crippen LogP contribution in [-0.2, 0) is 23.8 Å². The lowest BCUT2D eigenvalue weighted by molar-refractivity contribution is -0.231. The summed E-state index contributed by atoms with van der Waals surface area (Å²) >= 11 is 0. The average molecular weight is 350 g/mol. The molecule has 1 aliphatic heterocycles. The van der Waals surface area contributed by atoms with E-state index in [1.54, 1.807) is 6.92 Å². The minimum absolute atomic E-state index is 0.0885. The van der Waals surface area contributed by atoms with Gasteiger partial charge in [0, 0.05) is 18.3 Å². The van der Waals surface area contributed by atoms with Crippen LogP contribution in [0.25, 0.3) is 0 Å². The first-order valence-corrected chi connectivity index (χ1v) is 9.85. The van der Waals surface area contributed by atoms with Crippen LogP contribution in [0.2, 0.25) is 0 Å². The third kappa shape index (κ3) is 2.27. The number of carbonyl (C=O) groups excluding carboxylic acids is 2. The highest BCUT2D eigenvalue weighted by Crippen LogP contribution is 2.68. The molecule has 3 aliphatic carbocycles. The molecule has 4 fully saturated rings. The van der Waals surface area contributed by atoms with E-state index in [1.165, 1.54) is 0 Å². The van der Waals surface area contributed by atoms with Gasteiger partial charge in [-0.1, -0.05) is 13.8 Å². The van der Waals surface area contributed by atoms with E-state index in [-0.39, 0.29) is 23.1 Å². The molecule has 5 nitrogen and oxygen atoms in total. The van der Waals surface area contributed by atoms with Gasteiger partial charge in [-0.05, 0) is 49.9 Å². The Morgan fingerprint density at radius 2 is 1.84 bits per heavy atom. The molecule has 25 heavy (non-hydrogen) atoms. The summed E-state index contributed by atoms with van der Waals surface area (Å²) in [5.74, 6) is -0.498. The molecule has 0 aromatic heterocycles. The van der Waals surface area contributed by atoms with E-state index in [0.717, 1.165) is 32.1 Å². The van der Waals surface area contributed by atoms with Crippen molar-refractivity contribution in [3.63, 3.8) is 0 Å². The fourth-order valence-corrected chi connectivity index (χ4v) is 6.41. The van der Waals surface area contributed by atoms with Crippen LogP contribution in [0.1, 0.15) is 59.3 Å². The molecule has 140 valence electrons. The van der Waals surface area contributed by atoms with Crippen molar-refractivity contribution < 1.29 is 23.8 Å². The normalized spacial score (nSPS) is 45.2. The number of rotatable bonds is 2. The number of Topliss-reactive ketones (excluding diaryl/α,β-unsaturated/α-hetero) is 1. The van der Waals surface area contributed by atoms with Gasteiger partial charge in [0.05, 0.1) is 19.8 Å². The second-order valence-corrected chi connectivity index (χ2v) is 8.81. The summed E-state index contributed by atoms with van der Waals surface area (Å²) in [4.78, 5) is 25.7. The topological polar surface area (TPSA) is 61.8 Å². The van der Waals surface area contributed by atoms with Gasteiger partial charge in [0.2, 0.25) is 0 Å². The fraction of sp³-hybridized carbons (Fsp3) is 0.900. The lowest BCUT2D eigenvalue weighted by Gasteiger charge is -2.59. The van der Waals surface area contributed by atoms with Gasteiger partial charge in [-0.2, -0.15) is 0 Å². The van der Waals surface area contributed by atoms with Gasteiger partial charge in [0.25, 0.3) is 0 Å². The monoisotopic (exact) mass is 350 g/mol. The van der Waals surface area contributed by atoms with Crippen molar-refractivity contribution in [2.45, 2.75) is 65.1 Å². The molecule has 0 radical (unpaired) electrons. The van der Waals surface area contributed by atoms with Crippen LogP contribution in [0.3, 0.4) is 0 Å². The maximum atomic E-state index is 13.4. The predicted molar refractivity (Wildman–Crippen MR) is 90.7 cm³/mol. The molecule has 0 bridgehead atoms. The van der Waals surface area contributed by atoms with E-state index in [2.05, 4.69) is 13.8 Å². The number of fused-ring (bicyclic) bond motifs is 3. The van der Waals surface area contributed by atoms with E-state index in [9.17, 15) is 9.59 Å². The molecule has 0 N–H and O–H groups in total. The van der Waals surface area contributed by atoms with E-state index in [0.29, 0.717) is 32.2 Å². The molecule has 1 spiro atoms. The Morgan fingerprint density at radius 3 is 2.52 bits per heavy atom. The van der Waals surface area contributed by atoms with E-state index in [4.69, 9.17) is 14.2 Å². The minimum atomic E-state index is -0.569. The van der Waals surface area contributed by atoms with Crippen LogP contribution in [0, 0.1) is 28.6 Å². The number of hydrogen-bond acceptors (Lipinski definition) is 5. The minimum Gasteiger partial charge on any atom is -0.465 e. The second-order valence-electron chi connectivity index (χ2n) is 8.81. The van der Waals surface area contributed by atoms with Gasteiger partial charge >= 0.3 is 5.97 Å². The Labute approximate surface area is 149 Å². The number of carbonyl (C=O) groups is 2. The zero-order chi connectivity index (χ0) is 17.9. The summed E-state index contributed by atoms with van der Waals surface area (Å²) in [5.41, 5.74) is -0.525. The Morgan fingerprint density at radius 1 is 1.16 bits per heavy atom. The first kappa shape index (κ1) is 17.5. The summed E-state index contributed by atoms with van der Waals surface area (Å²) in [7, 11) is 0. The number of hydrogen-bond donors (Lipinski definition) is 0. The standard InChI is InChI=1S/C20H30O5/c1-4-23-17(22)15-11-13-5-6-14-12-20(24-9-10-25-20)8-7-18(14,2)19(13,3)16(15)21/h13-15H,4-12H2,1-3H3/t13?,14?,15?,18-,19+/m0/s1. The lowest BCUT2D eigenvalue weighted by Crippen LogP contribution is -2.58. The predicted octanol–water partition coefficient (Wildman–Crippen LogP) is 3.10. The third-order valence-corrected chi connectivity index (χ3v) is 8.08. The SMILES string of the molecule is CCOC(=O)C1CC2CCC3CC4(CC[C@]3(C)[C@@]2(C)C1=O)OCCO4. The molecule has 0 amide bonds. The highest BCUT2D eigenvalue weighted by Gasteiger charge is 2.68. The van der Waals surface area contributed by atoms with E-state index < -0.39 is 17.1 Å². The van der Waals surface area contributed by atoms with Crippen molar-refractivity contribution in [1.29, 1.82) is 0 Å². The molecule has 1 heterocycles. The zero-order valence-corrected chi connectivity index (χ0v) is 15.6. The van der Waals surface area contributed by atoms with Crippen LogP contribution >= 0.6 is 0 Å². The van der Waals surface area contributed by atoms with E-state index in [1.807, 2.05) is 0 Å². The van der Waals surface area contributed by atoms with Crippen molar-refractivity contribution in [3.8, 4) is 0 Å². The van der Waals surface area contributed by atoms with Crippen molar-refractivity contribution in [2.75, 3.05) is 19.8 Å². The van der Waals surface area contributed by atoms with Gasteiger partial charge in [-0.3, -0.25) is 9.59 Å². The zero-order valence-electron chi connectivity index (χ0n) is 15.6. The van der Waals surface area contributed by atoms with Gasteiger partial charge < -0.3 is 14.2 Å². The summed E-state index contributed by atoms with van der Waals surface area (Å²) < 4.78 is 17.1. The van der Waals surface area contributed by atoms with Crippen molar-refractivity contribution >= 4 is 11.8 Å². The quantitative estimate of drug-likeness (QED) is 0.566. The fourth-order valence-electron chi connectivity index (χ4n) is 6.41. The Bertz CT molecular complexity index is 581. The summed E-state index contributed by atoms with van der Waals surface area (Å²) in [5, 5.41) is 0. The molecule has 0 aromatic rings. The second kappa shape index (κ2) is 5.78. The highest BCUT2D eigenvalue weighted by atomic mass is 16.7. The molecule has 4 rings (SSSR count). The molecular formula is C20H30O5. The van der Waals surface area contributed by atoms with Crippen LogP contribution in [0.5, 0.6) is 0 Å². The largest absolute Gasteiger partial charge is 0.465 e. The number of ether oxygens (including phenoxy) is 3. The highest BCUT2D eigenvalue weighted by molar-refractivity contribution is 6.04. The van der Waals surface area contributed by atoms with Crippen LogP contribution in [0.4, 0.5) is 0 Å². The Kier molecular flexibility index (Phi) is 4.04. The summed E-state index contributed by atoms with van der Waals surface area (Å²) in [6, 6.07) is 0. The van der Waals surface area contributed by atoms with Crippen LogP contribution < -0.4 is 0 Å². The summed E-state index contributed by atoms with van der Waals surface area (Å²) in [6.07, 6.45) is 5.41.